The Hall–Kier alpha value is -2.84. The molecule has 5 heteroatoms. The maximum Gasteiger partial charge on any atom is 0.263 e. The number of nitrogens with zero attached hydrogens (tertiary/aromatic N) is 1. The highest BCUT2D eigenvalue weighted by Crippen LogP contribution is 2.19. The first-order chi connectivity index (χ1) is 11.5. The largest absolute Gasteiger partial charge is 0.478 e. The molecule has 0 aliphatic heterocycles. The lowest BCUT2D eigenvalue weighted by Gasteiger charge is -2.25. The highest BCUT2D eigenvalue weighted by atomic mass is 16.5. The van der Waals surface area contributed by atoms with E-state index in [0.29, 0.717) is 17.9 Å². The molecule has 0 aliphatic rings. The lowest BCUT2D eigenvalue weighted by atomic mass is 10.1. The standard InChI is InChI=1S/C19H20N2O3/c1-19(2,24-17-9-7-14(11-20)8-10-17)18(23)21-12-15-5-3-4-6-16(15)13-22/h3-10,22H,12-13H2,1-2H3,(H,21,23). The molecule has 1 amide bonds. The van der Waals surface area contributed by atoms with Gasteiger partial charge in [-0.2, -0.15) is 5.26 Å². The van der Waals surface area contributed by atoms with Gasteiger partial charge in [0.05, 0.1) is 18.2 Å². The zero-order valence-corrected chi connectivity index (χ0v) is 13.7. The summed E-state index contributed by atoms with van der Waals surface area (Å²) in [5.74, 6) is 0.254. The van der Waals surface area contributed by atoms with Crippen LogP contribution in [0.4, 0.5) is 0 Å². The van der Waals surface area contributed by atoms with Gasteiger partial charge in [0, 0.05) is 6.54 Å². The average molecular weight is 324 g/mol. The molecule has 2 N–H and O–H groups in total. The van der Waals surface area contributed by atoms with Gasteiger partial charge in [-0.05, 0) is 49.2 Å². The Bertz CT molecular complexity index is 746. The lowest BCUT2D eigenvalue weighted by Crippen LogP contribution is -2.46. The molecule has 0 spiro atoms. The average Bonchev–Trinajstić information content (AvgIpc) is 2.60. The van der Waals surface area contributed by atoms with Crippen LogP contribution >= 0.6 is 0 Å². The van der Waals surface area contributed by atoms with Crippen LogP contribution in [0.1, 0.15) is 30.5 Å². The van der Waals surface area contributed by atoms with Crippen LogP contribution in [0.5, 0.6) is 5.75 Å². The molecule has 0 fully saturated rings. The topological polar surface area (TPSA) is 82.3 Å². The van der Waals surface area contributed by atoms with E-state index in [9.17, 15) is 9.90 Å². The molecular formula is C19H20N2O3. The van der Waals surface area contributed by atoms with Crippen molar-refractivity contribution in [1.82, 2.24) is 5.32 Å². The van der Waals surface area contributed by atoms with E-state index >= 15 is 0 Å². The van der Waals surface area contributed by atoms with Crippen molar-refractivity contribution in [3.63, 3.8) is 0 Å². The van der Waals surface area contributed by atoms with Crippen molar-refractivity contribution in [2.75, 3.05) is 0 Å². The van der Waals surface area contributed by atoms with Crippen molar-refractivity contribution in [1.29, 1.82) is 5.26 Å². The van der Waals surface area contributed by atoms with E-state index in [1.54, 1.807) is 38.1 Å². The van der Waals surface area contributed by atoms with Crippen molar-refractivity contribution in [3.8, 4) is 11.8 Å². The first-order valence-electron chi connectivity index (χ1n) is 7.61. The van der Waals surface area contributed by atoms with Gasteiger partial charge in [0.15, 0.2) is 5.60 Å². The molecule has 2 aromatic rings. The van der Waals surface area contributed by atoms with Gasteiger partial charge in [0.2, 0.25) is 0 Å². The van der Waals surface area contributed by atoms with Crippen LogP contribution in [0.3, 0.4) is 0 Å². The highest BCUT2D eigenvalue weighted by molar-refractivity contribution is 5.84. The summed E-state index contributed by atoms with van der Waals surface area (Å²) in [5, 5.41) is 20.9. The number of nitriles is 1. The van der Waals surface area contributed by atoms with Crippen LogP contribution in [0, 0.1) is 11.3 Å². The zero-order valence-electron chi connectivity index (χ0n) is 13.7. The Morgan fingerprint density at radius 3 is 2.38 bits per heavy atom. The molecule has 0 aliphatic carbocycles. The quantitative estimate of drug-likeness (QED) is 0.855. The molecule has 2 aromatic carbocycles. The van der Waals surface area contributed by atoms with E-state index in [1.807, 2.05) is 30.3 Å². The minimum Gasteiger partial charge on any atom is -0.478 e. The third kappa shape index (κ3) is 4.34. The Morgan fingerprint density at radius 1 is 1.17 bits per heavy atom. The third-order valence-electron chi connectivity index (χ3n) is 3.63. The fourth-order valence-electron chi connectivity index (χ4n) is 2.21. The van der Waals surface area contributed by atoms with E-state index < -0.39 is 5.60 Å². The van der Waals surface area contributed by atoms with E-state index in [4.69, 9.17) is 10.00 Å². The first-order valence-corrected chi connectivity index (χ1v) is 7.61. The van der Waals surface area contributed by atoms with Gasteiger partial charge in [-0.1, -0.05) is 24.3 Å². The number of carbonyl (C=O) groups is 1. The van der Waals surface area contributed by atoms with Crippen LogP contribution in [0.25, 0.3) is 0 Å². The Balaban J connectivity index is 2.00. The van der Waals surface area contributed by atoms with Gasteiger partial charge in [-0.3, -0.25) is 4.79 Å². The lowest BCUT2D eigenvalue weighted by molar-refractivity contribution is -0.134. The maximum absolute atomic E-state index is 12.4. The number of benzene rings is 2. The molecule has 24 heavy (non-hydrogen) atoms. The van der Waals surface area contributed by atoms with Crippen LogP contribution in [0.15, 0.2) is 48.5 Å². The molecule has 0 unspecified atom stereocenters. The van der Waals surface area contributed by atoms with Gasteiger partial charge in [0.25, 0.3) is 5.91 Å². The summed E-state index contributed by atoms with van der Waals surface area (Å²) in [5.41, 5.74) is 1.11. The minimum absolute atomic E-state index is 0.0722. The predicted octanol–water partition coefficient (Wildman–Crippen LogP) is 2.52. The highest BCUT2D eigenvalue weighted by Gasteiger charge is 2.29. The van der Waals surface area contributed by atoms with Gasteiger partial charge < -0.3 is 15.2 Å². The van der Waals surface area contributed by atoms with Gasteiger partial charge in [0.1, 0.15) is 5.75 Å². The van der Waals surface area contributed by atoms with E-state index in [-0.39, 0.29) is 12.5 Å². The number of ether oxygens (including phenoxy) is 1. The number of aliphatic hydroxyl groups is 1. The summed E-state index contributed by atoms with van der Waals surface area (Å²) in [6.07, 6.45) is 0. The van der Waals surface area contributed by atoms with Gasteiger partial charge in [-0.15, -0.1) is 0 Å². The number of carbonyl (C=O) groups excluding carboxylic acids is 1. The molecule has 0 bridgehead atoms. The molecule has 0 saturated carbocycles. The van der Waals surface area contributed by atoms with Gasteiger partial charge >= 0.3 is 0 Å². The first kappa shape index (κ1) is 17.5. The van der Waals surface area contributed by atoms with Crippen molar-refractivity contribution < 1.29 is 14.6 Å². The second kappa shape index (κ2) is 7.62. The van der Waals surface area contributed by atoms with Crippen LogP contribution in [-0.2, 0) is 17.9 Å². The normalized spacial score (nSPS) is 10.8. The fourth-order valence-corrected chi connectivity index (χ4v) is 2.21. The van der Waals surface area contributed by atoms with Crippen molar-refractivity contribution in [2.45, 2.75) is 32.6 Å². The molecule has 0 saturated heterocycles. The second-order valence-electron chi connectivity index (χ2n) is 5.86. The number of hydrogen-bond acceptors (Lipinski definition) is 4. The minimum atomic E-state index is -1.07. The SMILES string of the molecule is CC(C)(Oc1ccc(C#N)cc1)C(=O)NCc1ccccc1CO. The number of hydrogen-bond donors (Lipinski definition) is 2. The molecule has 124 valence electrons. The second-order valence-corrected chi connectivity index (χ2v) is 5.86. The zero-order chi connectivity index (χ0) is 17.6. The molecular weight excluding hydrogens is 304 g/mol. The van der Waals surface area contributed by atoms with Crippen molar-refractivity contribution in [3.05, 3.63) is 65.2 Å². The molecule has 2 rings (SSSR count). The number of amides is 1. The monoisotopic (exact) mass is 324 g/mol. The van der Waals surface area contributed by atoms with Crippen LogP contribution in [-0.4, -0.2) is 16.6 Å². The summed E-state index contributed by atoms with van der Waals surface area (Å²) < 4.78 is 5.74. The number of nitrogens with one attached hydrogen (secondary N) is 1. The number of aliphatic hydroxyl groups excluding tert-OH is 1. The summed E-state index contributed by atoms with van der Waals surface area (Å²) in [4.78, 5) is 12.4. The third-order valence-corrected chi connectivity index (χ3v) is 3.63. The molecule has 5 nitrogen and oxygen atoms in total. The van der Waals surface area contributed by atoms with E-state index in [1.165, 1.54) is 0 Å². The van der Waals surface area contributed by atoms with Gasteiger partial charge in [-0.25, -0.2) is 0 Å². The molecule has 0 aromatic heterocycles. The van der Waals surface area contributed by atoms with Crippen molar-refractivity contribution in [2.24, 2.45) is 0 Å². The predicted molar refractivity (Wildman–Crippen MR) is 90.1 cm³/mol. The Kier molecular flexibility index (Phi) is 5.56. The maximum atomic E-state index is 12.4. The molecule has 0 atom stereocenters. The molecule has 0 radical (unpaired) electrons. The summed E-state index contributed by atoms with van der Waals surface area (Å²) in [6, 6.07) is 16.0. The Morgan fingerprint density at radius 2 is 1.79 bits per heavy atom. The summed E-state index contributed by atoms with van der Waals surface area (Å²) in [6.45, 7) is 3.60. The summed E-state index contributed by atoms with van der Waals surface area (Å²) in [7, 11) is 0. The van der Waals surface area contributed by atoms with Crippen molar-refractivity contribution >= 4 is 5.91 Å². The Labute approximate surface area is 141 Å². The number of rotatable bonds is 6. The molecule has 0 heterocycles. The van der Waals surface area contributed by atoms with E-state index in [2.05, 4.69) is 5.32 Å². The van der Waals surface area contributed by atoms with E-state index in [0.717, 1.165) is 11.1 Å². The summed E-state index contributed by atoms with van der Waals surface area (Å²) >= 11 is 0. The smallest absolute Gasteiger partial charge is 0.263 e. The van der Waals surface area contributed by atoms with Crippen LogP contribution in [0.2, 0.25) is 0 Å². The fraction of sp³-hybridized carbons (Fsp3) is 0.263. The van der Waals surface area contributed by atoms with Crippen LogP contribution < -0.4 is 10.1 Å².